The SMILES string of the molecule is CC(C)c1cccc(C(C)C)c1-n1c[n+](-c2c(C(C)C)cccc2C(C)C)cc1[N-]C(C)(C)C. The highest BCUT2D eigenvalue weighted by molar-refractivity contribution is 5.58. The smallest absolute Gasteiger partial charge is 0.135 e. The Labute approximate surface area is 208 Å². The van der Waals surface area contributed by atoms with Crippen molar-refractivity contribution in [2.75, 3.05) is 0 Å². The summed E-state index contributed by atoms with van der Waals surface area (Å²) < 4.78 is 4.67. The molecule has 0 radical (unpaired) electrons. The van der Waals surface area contributed by atoms with Crippen LogP contribution < -0.4 is 4.57 Å². The van der Waals surface area contributed by atoms with Crippen molar-refractivity contribution in [1.29, 1.82) is 0 Å². The summed E-state index contributed by atoms with van der Waals surface area (Å²) in [6.45, 7) is 24.8. The number of imidazole rings is 1. The molecule has 0 aliphatic carbocycles. The molecule has 0 bridgehead atoms. The van der Waals surface area contributed by atoms with Gasteiger partial charge in [0.25, 0.3) is 0 Å². The van der Waals surface area contributed by atoms with E-state index in [2.05, 4.69) is 134 Å². The lowest BCUT2D eigenvalue weighted by atomic mass is 9.92. The zero-order valence-corrected chi connectivity index (χ0v) is 23.3. The summed E-state index contributed by atoms with van der Waals surface area (Å²) >= 11 is 0. The number of hydrogen-bond donors (Lipinski definition) is 0. The molecule has 3 heteroatoms. The summed E-state index contributed by atoms with van der Waals surface area (Å²) in [5.41, 5.74) is 7.86. The number of nitrogens with zero attached hydrogens (tertiary/aromatic N) is 3. The molecule has 184 valence electrons. The van der Waals surface area contributed by atoms with Crippen LogP contribution in [0.3, 0.4) is 0 Å². The first-order valence-electron chi connectivity index (χ1n) is 12.9. The molecule has 0 aliphatic rings. The van der Waals surface area contributed by atoms with Gasteiger partial charge in [0.15, 0.2) is 0 Å². The van der Waals surface area contributed by atoms with Gasteiger partial charge in [0.1, 0.15) is 5.69 Å². The van der Waals surface area contributed by atoms with Crippen molar-refractivity contribution in [1.82, 2.24) is 4.57 Å². The molecular formula is C31H45N3. The molecule has 3 rings (SSSR count). The molecular weight excluding hydrogens is 414 g/mol. The Morgan fingerprint density at radius 3 is 1.47 bits per heavy atom. The van der Waals surface area contributed by atoms with E-state index in [0.29, 0.717) is 23.7 Å². The lowest BCUT2D eigenvalue weighted by Gasteiger charge is -2.32. The van der Waals surface area contributed by atoms with Gasteiger partial charge in [0.05, 0.1) is 12.5 Å². The molecule has 0 unspecified atom stereocenters. The van der Waals surface area contributed by atoms with Gasteiger partial charge in [0.2, 0.25) is 0 Å². The van der Waals surface area contributed by atoms with Crippen LogP contribution in [-0.4, -0.2) is 10.1 Å². The van der Waals surface area contributed by atoms with Crippen LogP contribution >= 0.6 is 0 Å². The Kier molecular flexibility index (Phi) is 7.65. The molecule has 0 N–H and O–H groups in total. The monoisotopic (exact) mass is 459 g/mol. The molecule has 2 aromatic carbocycles. The van der Waals surface area contributed by atoms with Gasteiger partial charge < -0.3 is 9.88 Å². The maximum Gasteiger partial charge on any atom is 0.135 e. The van der Waals surface area contributed by atoms with Crippen molar-refractivity contribution in [2.24, 2.45) is 0 Å². The lowest BCUT2D eigenvalue weighted by molar-refractivity contribution is -0.595. The van der Waals surface area contributed by atoms with E-state index in [-0.39, 0.29) is 5.54 Å². The average molecular weight is 460 g/mol. The molecule has 3 aromatic rings. The normalized spacial score (nSPS) is 12.4. The molecule has 0 amide bonds. The van der Waals surface area contributed by atoms with Crippen molar-refractivity contribution in [2.45, 2.75) is 105 Å². The molecule has 0 saturated carbocycles. The predicted octanol–water partition coefficient (Wildman–Crippen LogP) is 9.05. The number of rotatable bonds is 7. The van der Waals surface area contributed by atoms with Gasteiger partial charge in [-0.3, -0.25) is 0 Å². The third kappa shape index (κ3) is 5.40. The highest BCUT2D eigenvalue weighted by atomic mass is 15.2. The number of benzene rings is 2. The minimum absolute atomic E-state index is 0.183. The van der Waals surface area contributed by atoms with E-state index in [1.54, 1.807) is 0 Å². The second-order valence-corrected chi connectivity index (χ2v) is 11.9. The summed E-state index contributed by atoms with van der Waals surface area (Å²) in [6, 6.07) is 13.5. The van der Waals surface area contributed by atoms with Crippen molar-refractivity contribution < 1.29 is 4.57 Å². The molecule has 0 fully saturated rings. The van der Waals surface area contributed by atoms with Crippen molar-refractivity contribution in [3.8, 4) is 11.4 Å². The fourth-order valence-corrected chi connectivity index (χ4v) is 4.72. The van der Waals surface area contributed by atoms with Gasteiger partial charge in [-0.25, -0.2) is 4.57 Å². The van der Waals surface area contributed by atoms with Gasteiger partial charge in [-0.1, -0.05) is 113 Å². The van der Waals surface area contributed by atoms with E-state index < -0.39 is 0 Å². The highest BCUT2D eigenvalue weighted by Gasteiger charge is 2.21. The fourth-order valence-electron chi connectivity index (χ4n) is 4.72. The number of hydrogen-bond acceptors (Lipinski definition) is 0. The number of para-hydroxylation sites is 2. The molecule has 3 nitrogen and oxygen atoms in total. The zero-order valence-electron chi connectivity index (χ0n) is 23.3. The molecule has 0 saturated heterocycles. The van der Waals surface area contributed by atoms with E-state index in [4.69, 9.17) is 5.32 Å². The predicted molar refractivity (Wildman–Crippen MR) is 146 cm³/mol. The van der Waals surface area contributed by atoms with Crippen LogP contribution in [0, 0.1) is 0 Å². The first kappa shape index (κ1) is 26.1. The van der Waals surface area contributed by atoms with Crippen LogP contribution in [0.15, 0.2) is 48.9 Å². The molecule has 0 spiro atoms. The van der Waals surface area contributed by atoms with Crippen LogP contribution in [-0.2, 0) is 0 Å². The molecule has 0 aliphatic heterocycles. The van der Waals surface area contributed by atoms with Gasteiger partial charge in [-0.05, 0) is 51.8 Å². The Balaban J connectivity index is 2.40. The van der Waals surface area contributed by atoms with E-state index in [0.717, 1.165) is 5.82 Å². The van der Waals surface area contributed by atoms with Gasteiger partial charge in [-0.2, -0.15) is 0 Å². The second kappa shape index (κ2) is 9.98. The lowest BCUT2D eigenvalue weighted by Crippen LogP contribution is -2.32. The Hall–Kier alpha value is -2.55. The van der Waals surface area contributed by atoms with Crippen LogP contribution in [0.4, 0.5) is 5.82 Å². The van der Waals surface area contributed by atoms with Crippen molar-refractivity contribution >= 4 is 5.82 Å². The summed E-state index contributed by atoms with van der Waals surface area (Å²) in [7, 11) is 0. The van der Waals surface area contributed by atoms with Gasteiger partial charge in [-0.15, -0.1) is 0 Å². The van der Waals surface area contributed by atoms with Crippen LogP contribution in [0.5, 0.6) is 0 Å². The Bertz CT molecular complexity index is 1070. The average Bonchev–Trinajstić information content (AvgIpc) is 3.13. The zero-order chi connectivity index (χ0) is 25.4. The van der Waals surface area contributed by atoms with Crippen LogP contribution in [0.1, 0.15) is 122 Å². The minimum atomic E-state index is -0.183. The maximum absolute atomic E-state index is 5.21. The standard InChI is InChI=1S/C31H45N3/c1-20(2)24-14-12-15-25(21(3)4)29(24)33-18-28(32-31(9,10)11)34(19-33)30-26(22(5)6)16-13-17-27(30)23(7)8/h12-23H,1-11H3. The van der Waals surface area contributed by atoms with Crippen LogP contribution in [0.2, 0.25) is 0 Å². The second-order valence-electron chi connectivity index (χ2n) is 11.9. The van der Waals surface area contributed by atoms with Crippen molar-refractivity contribution in [3.63, 3.8) is 0 Å². The van der Waals surface area contributed by atoms with E-state index in [1.165, 1.54) is 33.6 Å². The van der Waals surface area contributed by atoms with E-state index >= 15 is 0 Å². The van der Waals surface area contributed by atoms with Crippen molar-refractivity contribution in [3.05, 3.63) is 76.5 Å². The topological polar surface area (TPSA) is 22.9 Å². The fraction of sp³-hybridized carbons (Fsp3) is 0.516. The van der Waals surface area contributed by atoms with Gasteiger partial charge >= 0.3 is 0 Å². The maximum atomic E-state index is 5.21. The summed E-state index contributed by atoms with van der Waals surface area (Å²) in [5.74, 6) is 2.70. The molecule has 1 aromatic heterocycles. The quantitative estimate of drug-likeness (QED) is 0.315. The largest absolute Gasteiger partial charge is 0.456 e. The van der Waals surface area contributed by atoms with Gasteiger partial charge in [0, 0.05) is 11.1 Å². The van der Waals surface area contributed by atoms with Crippen LogP contribution in [0.25, 0.3) is 16.7 Å². The highest BCUT2D eigenvalue weighted by Crippen LogP contribution is 2.37. The number of aromatic nitrogens is 2. The first-order chi connectivity index (χ1) is 15.8. The summed E-state index contributed by atoms with van der Waals surface area (Å²) in [5, 5.41) is 5.21. The summed E-state index contributed by atoms with van der Waals surface area (Å²) in [6.07, 6.45) is 4.50. The third-order valence-electron chi connectivity index (χ3n) is 6.38. The first-order valence-corrected chi connectivity index (χ1v) is 12.9. The Morgan fingerprint density at radius 1 is 0.676 bits per heavy atom. The van der Waals surface area contributed by atoms with E-state index in [1.807, 2.05) is 0 Å². The summed E-state index contributed by atoms with van der Waals surface area (Å²) in [4.78, 5) is 0. The molecule has 1 heterocycles. The Morgan fingerprint density at radius 2 is 1.09 bits per heavy atom. The third-order valence-corrected chi connectivity index (χ3v) is 6.38. The molecule has 34 heavy (non-hydrogen) atoms. The molecule has 0 atom stereocenters. The minimum Gasteiger partial charge on any atom is -0.456 e. The van der Waals surface area contributed by atoms with E-state index in [9.17, 15) is 0 Å².